The van der Waals surface area contributed by atoms with Crippen molar-refractivity contribution >= 4 is 17.3 Å². The van der Waals surface area contributed by atoms with Gasteiger partial charge in [-0.1, -0.05) is 17.7 Å². The molecule has 0 aliphatic heterocycles. The molecule has 1 aromatic rings. The SMILES string of the molecule is COC1(CNc2c(Cl)cccc2C#N)CCC1. The second kappa shape index (κ2) is 4.95. The summed E-state index contributed by atoms with van der Waals surface area (Å²) in [6.07, 6.45) is 3.31. The zero-order valence-electron chi connectivity index (χ0n) is 9.79. The van der Waals surface area contributed by atoms with Gasteiger partial charge in [-0.3, -0.25) is 0 Å². The molecular formula is C13H15ClN2O. The van der Waals surface area contributed by atoms with Crippen LogP contribution in [0.1, 0.15) is 24.8 Å². The number of ether oxygens (including phenoxy) is 1. The highest BCUT2D eigenvalue weighted by atomic mass is 35.5. The highest BCUT2D eigenvalue weighted by Crippen LogP contribution is 2.36. The molecule has 1 N–H and O–H groups in total. The molecule has 0 amide bonds. The van der Waals surface area contributed by atoms with Gasteiger partial charge >= 0.3 is 0 Å². The van der Waals surface area contributed by atoms with E-state index in [1.165, 1.54) is 6.42 Å². The van der Waals surface area contributed by atoms with Crippen LogP contribution in [0.25, 0.3) is 0 Å². The quantitative estimate of drug-likeness (QED) is 0.893. The van der Waals surface area contributed by atoms with Crippen molar-refractivity contribution in [3.05, 3.63) is 28.8 Å². The summed E-state index contributed by atoms with van der Waals surface area (Å²) in [5.41, 5.74) is 1.20. The van der Waals surface area contributed by atoms with Crippen molar-refractivity contribution in [1.82, 2.24) is 0 Å². The number of nitriles is 1. The van der Waals surface area contributed by atoms with Crippen molar-refractivity contribution in [2.24, 2.45) is 0 Å². The molecular weight excluding hydrogens is 236 g/mol. The van der Waals surface area contributed by atoms with Gasteiger partial charge in [-0.2, -0.15) is 5.26 Å². The van der Waals surface area contributed by atoms with Crippen molar-refractivity contribution in [2.75, 3.05) is 19.0 Å². The number of halogens is 1. The van der Waals surface area contributed by atoms with E-state index in [-0.39, 0.29) is 5.60 Å². The fraction of sp³-hybridized carbons (Fsp3) is 0.462. The van der Waals surface area contributed by atoms with Crippen LogP contribution < -0.4 is 5.32 Å². The summed E-state index contributed by atoms with van der Waals surface area (Å²) in [6.45, 7) is 0.696. The number of benzene rings is 1. The summed E-state index contributed by atoms with van der Waals surface area (Å²) >= 11 is 6.09. The molecule has 1 saturated carbocycles. The van der Waals surface area contributed by atoms with Gasteiger partial charge in [-0.15, -0.1) is 0 Å². The normalized spacial score (nSPS) is 17.0. The van der Waals surface area contributed by atoms with Gasteiger partial charge in [0.15, 0.2) is 0 Å². The van der Waals surface area contributed by atoms with E-state index in [1.54, 1.807) is 25.3 Å². The van der Waals surface area contributed by atoms with Gasteiger partial charge in [-0.25, -0.2) is 0 Å². The summed E-state index contributed by atoms with van der Waals surface area (Å²) in [5, 5.41) is 12.8. The largest absolute Gasteiger partial charge is 0.380 e. The van der Waals surface area contributed by atoms with E-state index in [0.29, 0.717) is 22.8 Å². The lowest BCUT2D eigenvalue weighted by atomic mass is 9.80. The van der Waals surface area contributed by atoms with Crippen LogP contribution in [-0.4, -0.2) is 19.3 Å². The summed E-state index contributed by atoms with van der Waals surface area (Å²) in [6, 6.07) is 7.46. The first-order valence-corrected chi connectivity index (χ1v) is 6.06. The number of rotatable bonds is 4. The fourth-order valence-corrected chi connectivity index (χ4v) is 2.31. The molecule has 1 aliphatic carbocycles. The molecule has 1 fully saturated rings. The Balaban J connectivity index is 2.11. The lowest BCUT2D eigenvalue weighted by molar-refractivity contribution is -0.0601. The first-order valence-electron chi connectivity index (χ1n) is 5.68. The maximum absolute atomic E-state index is 9.02. The van der Waals surface area contributed by atoms with E-state index in [9.17, 15) is 0 Å². The van der Waals surface area contributed by atoms with Crippen LogP contribution in [0.5, 0.6) is 0 Å². The average Bonchev–Trinajstić information content (AvgIpc) is 2.29. The highest BCUT2D eigenvalue weighted by Gasteiger charge is 2.36. The van der Waals surface area contributed by atoms with E-state index >= 15 is 0 Å². The zero-order chi connectivity index (χ0) is 12.3. The summed E-state index contributed by atoms with van der Waals surface area (Å²) < 4.78 is 5.52. The fourth-order valence-electron chi connectivity index (χ4n) is 2.07. The zero-order valence-corrected chi connectivity index (χ0v) is 10.5. The van der Waals surface area contributed by atoms with Crippen LogP contribution in [0.15, 0.2) is 18.2 Å². The van der Waals surface area contributed by atoms with Gasteiger partial charge in [-0.05, 0) is 31.4 Å². The molecule has 2 rings (SSSR count). The number of hydrogen-bond acceptors (Lipinski definition) is 3. The monoisotopic (exact) mass is 250 g/mol. The van der Waals surface area contributed by atoms with Gasteiger partial charge in [0, 0.05) is 13.7 Å². The maximum atomic E-state index is 9.02. The lowest BCUT2D eigenvalue weighted by Crippen LogP contribution is -2.45. The predicted octanol–water partition coefficient (Wildman–Crippen LogP) is 3.19. The number of nitrogens with zero attached hydrogens (tertiary/aromatic N) is 1. The molecule has 90 valence electrons. The predicted molar refractivity (Wildman–Crippen MR) is 68.2 cm³/mol. The van der Waals surface area contributed by atoms with E-state index < -0.39 is 0 Å². The minimum atomic E-state index is -0.0775. The number of anilines is 1. The second-order valence-electron chi connectivity index (χ2n) is 4.37. The standard InChI is InChI=1S/C13H15ClN2O/c1-17-13(6-3-7-13)9-16-12-10(8-15)4-2-5-11(12)14/h2,4-5,16H,3,6-7,9H2,1H3. The Bertz CT molecular complexity index is 444. The van der Waals surface area contributed by atoms with Crippen molar-refractivity contribution in [3.8, 4) is 6.07 Å². The van der Waals surface area contributed by atoms with E-state index in [2.05, 4.69) is 11.4 Å². The molecule has 17 heavy (non-hydrogen) atoms. The van der Waals surface area contributed by atoms with E-state index in [1.807, 2.05) is 0 Å². The Morgan fingerprint density at radius 3 is 2.82 bits per heavy atom. The molecule has 0 saturated heterocycles. The number of para-hydroxylation sites is 1. The Morgan fingerprint density at radius 1 is 1.53 bits per heavy atom. The van der Waals surface area contributed by atoms with Crippen LogP contribution in [0, 0.1) is 11.3 Å². The molecule has 4 heteroatoms. The van der Waals surface area contributed by atoms with Crippen molar-refractivity contribution in [1.29, 1.82) is 5.26 Å². The molecule has 3 nitrogen and oxygen atoms in total. The molecule has 0 radical (unpaired) electrons. The van der Waals surface area contributed by atoms with Gasteiger partial charge in [0.2, 0.25) is 0 Å². The second-order valence-corrected chi connectivity index (χ2v) is 4.78. The smallest absolute Gasteiger partial charge is 0.101 e. The number of hydrogen-bond donors (Lipinski definition) is 1. The first-order chi connectivity index (χ1) is 8.21. The minimum Gasteiger partial charge on any atom is -0.380 e. The third-order valence-corrected chi connectivity index (χ3v) is 3.73. The van der Waals surface area contributed by atoms with Crippen LogP contribution in [-0.2, 0) is 4.74 Å². The van der Waals surface area contributed by atoms with E-state index in [4.69, 9.17) is 21.6 Å². The Hall–Kier alpha value is -1.24. The average molecular weight is 251 g/mol. The Labute approximate surface area is 106 Å². The van der Waals surface area contributed by atoms with Crippen LogP contribution in [0.2, 0.25) is 5.02 Å². The van der Waals surface area contributed by atoms with Gasteiger partial charge in [0.05, 0.1) is 21.9 Å². The van der Waals surface area contributed by atoms with Gasteiger partial charge in [0.25, 0.3) is 0 Å². The molecule has 0 unspecified atom stereocenters. The van der Waals surface area contributed by atoms with Crippen LogP contribution in [0.4, 0.5) is 5.69 Å². The molecule has 0 bridgehead atoms. The third kappa shape index (κ3) is 2.38. The van der Waals surface area contributed by atoms with Gasteiger partial charge in [0.1, 0.15) is 6.07 Å². The van der Waals surface area contributed by atoms with E-state index in [0.717, 1.165) is 12.8 Å². The number of nitrogens with one attached hydrogen (secondary N) is 1. The minimum absolute atomic E-state index is 0.0775. The van der Waals surface area contributed by atoms with Gasteiger partial charge < -0.3 is 10.1 Å². The topological polar surface area (TPSA) is 45.0 Å². The van der Waals surface area contributed by atoms with Crippen LogP contribution in [0.3, 0.4) is 0 Å². The molecule has 0 atom stereocenters. The summed E-state index contributed by atoms with van der Waals surface area (Å²) in [7, 11) is 1.73. The molecule has 0 aromatic heterocycles. The molecule has 0 spiro atoms. The van der Waals surface area contributed by atoms with Crippen LogP contribution >= 0.6 is 11.6 Å². The molecule has 1 aliphatic rings. The molecule has 0 heterocycles. The lowest BCUT2D eigenvalue weighted by Gasteiger charge is -2.40. The molecule has 1 aromatic carbocycles. The summed E-state index contributed by atoms with van der Waals surface area (Å²) in [5.74, 6) is 0. The highest BCUT2D eigenvalue weighted by molar-refractivity contribution is 6.33. The van der Waals surface area contributed by atoms with Crippen molar-refractivity contribution < 1.29 is 4.74 Å². The number of methoxy groups -OCH3 is 1. The Morgan fingerprint density at radius 2 is 2.29 bits per heavy atom. The Kier molecular flexibility index (Phi) is 3.56. The first kappa shape index (κ1) is 12.2. The van der Waals surface area contributed by atoms with Crippen molar-refractivity contribution in [2.45, 2.75) is 24.9 Å². The summed E-state index contributed by atoms with van der Waals surface area (Å²) in [4.78, 5) is 0. The maximum Gasteiger partial charge on any atom is 0.101 e. The van der Waals surface area contributed by atoms with Crippen molar-refractivity contribution in [3.63, 3.8) is 0 Å². The third-order valence-electron chi connectivity index (χ3n) is 3.42.